The molecular weight excluding hydrogens is 472 g/mol. The molecule has 0 saturated heterocycles. The molecule has 0 amide bonds. The lowest BCUT2D eigenvalue weighted by molar-refractivity contribution is 0.411. The highest BCUT2D eigenvalue weighted by molar-refractivity contribution is 6.00. The van der Waals surface area contributed by atoms with Crippen molar-refractivity contribution in [2.24, 2.45) is 5.41 Å². The number of hydrogen-bond donors (Lipinski definition) is 3. The van der Waals surface area contributed by atoms with Crippen LogP contribution in [-0.2, 0) is 0 Å². The Morgan fingerprint density at radius 3 is 2.53 bits per heavy atom. The summed E-state index contributed by atoms with van der Waals surface area (Å²) < 4.78 is 0. The summed E-state index contributed by atoms with van der Waals surface area (Å²) in [5.41, 5.74) is 9.11. The molecule has 0 aliphatic carbocycles. The number of nitrogens with zero attached hydrogens (tertiary/aromatic N) is 5. The molecule has 0 atom stereocenters. The highest BCUT2D eigenvalue weighted by atomic mass is 15.1. The summed E-state index contributed by atoms with van der Waals surface area (Å²) in [7, 11) is 0. The molecule has 0 aliphatic rings. The molecule has 6 aromatic heterocycles. The Morgan fingerprint density at radius 2 is 1.71 bits per heavy atom. The van der Waals surface area contributed by atoms with Crippen LogP contribution in [0.5, 0.6) is 0 Å². The Bertz CT molecular complexity index is 1770. The molecule has 8 nitrogen and oxygen atoms in total. The summed E-state index contributed by atoms with van der Waals surface area (Å²) >= 11 is 0. The normalized spacial score (nSPS) is 11.8. The minimum atomic E-state index is 0.150. The minimum absolute atomic E-state index is 0.150. The zero-order valence-electron chi connectivity index (χ0n) is 21.6. The minimum Gasteiger partial charge on any atom is -0.358 e. The number of anilines is 1. The van der Waals surface area contributed by atoms with Gasteiger partial charge in [-0.05, 0) is 48.2 Å². The van der Waals surface area contributed by atoms with Gasteiger partial charge >= 0.3 is 0 Å². The van der Waals surface area contributed by atoms with Gasteiger partial charge in [0, 0.05) is 57.9 Å². The molecule has 0 unspecified atom stereocenters. The predicted molar refractivity (Wildman–Crippen MR) is 152 cm³/mol. The molecule has 0 aromatic carbocycles. The van der Waals surface area contributed by atoms with Gasteiger partial charge in [0.05, 0.1) is 40.7 Å². The molecule has 3 N–H and O–H groups in total. The van der Waals surface area contributed by atoms with Crippen molar-refractivity contribution in [1.82, 2.24) is 35.1 Å². The number of rotatable bonds is 6. The maximum atomic E-state index is 4.67. The van der Waals surface area contributed by atoms with E-state index in [1.165, 1.54) is 0 Å². The summed E-state index contributed by atoms with van der Waals surface area (Å²) in [6.45, 7) is 10.8. The summed E-state index contributed by atoms with van der Waals surface area (Å²) in [5.74, 6) is 0. The Balaban J connectivity index is 1.36. The first-order valence-electron chi connectivity index (χ1n) is 12.5. The molecular formula is C30H28N8. The topological polar surface area (TPSA) is 108 Å². The van der Waals surface area contributed by atoms with E-state index < -0.39 is 0 Å². The average molecular weight is 501 g/mol. The van der Waals surface area contributed by atoms with E-state index in [1.807, 2.05) is 48.9 Å². The first-order chi connectivity index (χ1) is 18.3. The third-order valence-corrected chi connectivity index (χ3v) is 6.28. The molecule has 6 heterocycles. The van der Waals surface area contributed by atoms with E-state index in [-0.39, 0.29) is 5.41 Å². The first-order valence-corrected chi connectivity index (χ1v) is 12.5. The lowest BCUT2D eigenvalue weighted by Crippen LogP contribution is -2.10. The van der Waals surface area contributed by atoms with Gasteiger partial charge in [-0.15, -0.1) is 0 Å². The molecule has 0 radical (unpaired) electrons. The zero-order valence-corrected chi connectivity index (χ0v) is 21.6. The molecule has 188 valence electrons. The lowest BCUT2D eigenvalue weighted by Gasteiger charge is -2.20. The van der Waals surface area contributed by atoms with Crippen molar-refractivity contribution in [2.45, 2.75) is 27.2 Å². The van der Waals surface area contributed by atoms with E-state index in [0.29, 0.717) is 0 Å². The quantitative estimate of drug-likeness (QED) is 0.227. The van der Waals surface area contributed by atoms with Crippen molar-refractivity contribution in [1.29, 1.82) is 0 Å². The molecule has 0 bridgehead atoms. The van der Waals surface area contributed by atoms with E-state index in [4.69, 9.17) is 0 Å². The largest absolute Gasteiger partial charge is 0.358 e. The molecule has 6 rings (SSSR count). The van der Waals surface area contributed by atoms with Gasteiger partial charge < -0.3 is 10.3 Å². The van der Waals surface area contributed by atoms with E-state index in [1.54, 1.807) is 18.6 Å². The van der Waals surface area contributed by atoms with Crippen LogP contribution in [0.3, 0.4) is 0 Å². The van der Waals surface area contributed by atoms with Gasteiger partial charge in [-0.1, -0.05) is 27.4 Å². The van der Waals surface area contributed by atoms with E-state index in [2.05, 4.69) is 73.9 Å². The number of aromatic nitrogens is 7. The van der Waals surface area contributed by atoms with Crippen LogP contribution in [0.1, 0.15) is 27.2 Å². The highest BCUT2D eigenvalue weighted by Gasteiger charge is 2.16. The third-order valence-electron chi connectivity index (χ3n) is 6.28. The van der Waals surface area contributed by atoms with Crippen molar-refractivity contribution in [3.8, 4) is 33.9 Å². The van der Waals surface area contributed by atoms with Gasteiger partial charge in [0.2, 0.25) is 0 Å². The van der Waals surface area contributed by atoms with Gasteiger partial charge in [-0.25, -0.2) is 0 Å². The summed E-state index contributed by atoms with van der Waals surface area (Å²) in [6.07, 6.45) is 11.7. The van der Waals surface area contributed by atoms with E-state index in [9.17, 15) is 0 Å². The van der Waals surface area contributed by atoms with Gasteiger partial charge in [0.1, 0.15) is 5.69 Å². The van der Waals surface area contributed by atoms with Crippen molar-refractivity contribution in [2.75, 3.05) is 5.32 Å². The van der Waals surface area contributed by atoms with E-state index >= 15 is 0 Å². The molecule has 8 heteroatoms. The van der Waals surface area contributed by atoms with Crippen LogP contribution in [-0.4, -0.2) is 35.1 Å². The number of pyridine rings is 4. The summed E-state index contributed by atoms with van der Waals surface area (Å²) in [4.78, 5) is 21.5. The zero-order chi connectivity index (χ0) is 26.3. The lowest BCUT2D eigenvalue weighted by atomic mass is 9.91. The van der Waals surface area contributed by atoms with Crippen LogP contribution in [0.15, 0.2) is 85.9 Å². The number of H-pyrrole nitrogens is 2. The molecule has 0 fully saturated rings. The second-order valence-corrected chi connectivity index (χ2v) is 10.7. The fourth-order valence-corrected chi connectivity index (χ4v) is 4.73. The van der Waals surface area contributed by atoms with Crippen LogP contribution in [0, 0.1) is 5.41 Å². The van der Waals surface area contributed by atoms with Gasteiger partial charge in [0.15, 0.2) is 0 Å². The fraction of sp³-hybridized carbons (Fsp3) is 0.167. The Labute approximate surface area is 220 Å². The SMILES string of the molecule is C=C(CC(C)(C)C)Nc1cncc(-c2cc3c(-c4cc5c(-c6cccnc6)nccc5[nH]4)n[nH]c3cn2)c1. The van der Waals surface area contributed by atoms with Crippen LogP contribution < -0.4 is 5.32 Å². The second-order valence-electron chi connectivity index (χ2n) is 10.7. The fourth-order valence-electron chi connectivity index (χ4n) is 4.73. The van der Waals surface area contributed by atoms with Crippen molar-refractivity contribution in [3.63, 3.8) is 0 Å². The average Bonchev–Trinajstić information content (AvgIpc) is 3.51. The summed E-state index contributed by atoms with van der Waals surface area (Å²) in [6, 6.07) is 12.1. The maximum Gasteiger partial charge on any atom is 0.116 e. The van der Waals surface area contributed by atoms with Crippen molar-refractivity contribution >= 4 is 27.5 Å². The molecule has 0 saturated carbocycles. The molecule has 6 aromatic rings. The smallest absolute Gasteiger partial charge is 0.116 e. The second kappa shape index (κ2) is 9.23. The Morgan fingerprint density at radius 1 is 0.868 bits per heavy atom. The van der Waals surface area contributed by atoms with Crippen LogP contribution in [0.2, 0.25) is 0 Å². The summed E-state index contributed by atoms with van der Waals surface area (Å²) in [5, 5.41) is 13.1. The number of hydrogen-bond acceptors (Lipinski definition) is 6. The third kappa shape index (κ3) is 4.64. The van der Waals surface area contributed by atoms with Gasteiger partial charge in [-0.2, -0.15) is 5.10 Å². The molecule has 0 aliphatic heterocycles. The molecule has 38 heavy (non-hydrogen) atoms. The first kappa shape index (κ1) is 23.5. The van der Waals surface area contributed by atoms with E-state index in [0.717, 1.165) is 73.5 Å². The number of allylic oxidation sites excluding steroid dienone is 1. The van der Waals surface area contributed by atoms with Gasteiger partial charge in [0.25, 0.3) is 0 Å². The van der Waals surface area contributed by atoms with Crippen LogP contribution in [0.4, 0.5) is 5.69 Å². The predicted octanol–water partition coefficient (Wildman–Crippen LogP) is 6.99. The number of nitrogens with one attached hydrogen (secondary N) is 3. The van der Waals surface area contributed by atoms with Crippen LogP contribution in [0.25, 0.3) is 55.7 Å². The Hall–Kier alpha value is -4.85. The van der Waals surface area contributed by atoms with Crippen LogP contribution >= 0.6 is 0 Å². The Kier molecular flexibility index (Phi) is 5.72. The number of aromatic amines is 2. The standard InChI is InChI=1S/C30H28N8/c1-18(13-30(2,3)4)35-21-10-20(15-32-16-21)25-11-23-27(17-34-25)37-38-29(23)26-12-22-24(36-26)7-9-33-28(22)19-6-5-8-31-14-19/h5-12,14-17,35-36H,1,13H2,2-4H3,(H,37,38). The molecule has 0 spiro atoms. The van der Waals surface area contributed by atoms with Gasteiger partial charge in [-0.3, -0.25) is 25.0 Å². The maximum absolute atomic E-state index is 4.67. The number of fused-ring (bicyclic) bond motifs is 2. The monoisotopic (exact) mass is 500 g/mol. The van der Waals surface area contributed by atoms with Crippen molar-refractivity contribution in [3.05, 3.63) is 85.9 Å². The van der Waals surface area contributed by atoms with Crippen molar-refractivity contribution < 1.29 is 0 Å². The highest BCUT2D eigenvalue weighted by Crippen LogP contribution is 2.34.